The Labute approximate surface area is 167 Å². The quantitative estimate of drug-likeness (QED) is 0.790. The fourth-order valence-electron chi connectivity index (χ4n) is 3.90. The van der Waals surface area contributed by atoms with Crippen molar-refractivity contribution < 1.29 is 19.1 Å². The van der Waals surface area contributed by atoms with E-state index in [-0.39, 0.29) is 30.3 Å². The van der Waals surface area contributed by atoms with Crippen LogP contribution in [0.4, 0.5) is 5.82 Å². The van der Waals surface area contributed by atoms with Gasteiger partial charge in [0.25, 0.3) is 0 Å². The molecule has 10 nitrogen and oxygen atoms in total. The lowest BCUT2D eigenvalue weighted by atomic mass is 10.0. The molecular weight excluding hydrogens is 378 g/mol. The third kappa shape index (κ3) is 3.77. The van der Waals surface area contributed by atoms with Crippen LogP contribution in [0.25, 0.3) is 11.2 Å². The summed E-state index contributed by atoms with van der Waals surface area (Å²) in [6.45, 7) is 2.34. The van der Waals surface area contributed by atoms with Crippen LogP contribution in [0.15, 0.2) is 16.9 Å². The molecule has 0 saturated carbocycles. The van der Waals surface area contributed by atoms with Crippen molar-refractivity contribution in [3.8, 4) is 0 Å². The number of amides is 2. The molecule has 0 bridgehead atoms. The topological polar surface area (TPSA) is 108 Å². The van der Waals surface area contributed by atoms with Crippen molar-refractivity contribution in [1.82, 2.24) is 19.0 Å². The van der Waals surface area contributed by atoms with Crippen LogP contribution in [-0.4, -0.2) is 62.9 Å². The minimum atomic E-state index is -0.518. The van der Waals surface area contributed by atoms with Gasteiger partial charge in [0.1, 0.15) is 5.82 Å². The summed E-state index contributed by atoms with van der Waals surface area (Å²) in [5, 5.41) is 2.70. The van der Waals surface area contributed by atoms with Crippen LogP contribution in [0.3, 0.4) is 0 Å². The average molecular weight is 403 g/mol. The van der Waals surface area contributed by atoms with Crippen molar-refractivity contribution in [3.05, 3.63) is 22.6 Å². The number of imidazole rings is 1. The molecule has 2 aliphatic rings. The van der Waals surface area contributed by atoms with Gasteiger partial charge >= 0.3 is 5.69 Å². The Balaban J connectivity index is 1.30. The van der Waals surface area contributed by atoms with Gasteiger partial charge in [-0.15, -0.1) is 0 Å². The Morgan fingerprint density at radius 2 is 1.79 bits per heavy atom. The summed E-state index contributed by atoms with van der Waals surface area (Å²) in [6, 6.07) is 3.38. The molecule has 2 aromatic rings. The Kier molecular flexibility index (Phi) is 5.13. The van der Waals surface area contributed by atoms with Gasteiger partial charge in [0.15, 0.2) is 11.4 Å². The molecular formula is C19H25N5O5. The zero-order valence-electron chi connectivity index (χ0n) is 16.6. The summed E-state index contributed by atoms with van der Waals surface area (Å²) >= 11 is 0. The molecule has 0 aromatic carbocycles. The summed E-state index contributed by atoms with van der Waals surface area (Å²) in [4.78, 5) is 42.8. The maximum Gasteiger partial charge on any atom is 0.329 e. The van der Waals surface area contributed by atoms with Crippen molar-refractivity contribution in [1.29, 1.82) is 0 Å². The lowest BCUT2D eigenvalue weighted by Crippen LogP contribution is -2.47. The minimum Gasteiger partial charge on any atom is -0.347 e. The first-order valence-electron chi connectivity index (χ1n) is 9.76. The number of aromatic nitrogens is 3. The first-order chi connectivity index (χ1) is 13.9. The number of hydrogen-bond donors (Lipinski definition) is 1. The molecule has 2 saturated heterocycles. The maximum absolute atomic E-state index is 12.4. The van der Waals surface area contributed by atoms with Crippen LogP contribution in [0, 0.1) is 0 Å². The van der Waals surface area contributed by atoms with E-state index in [1.165, 1.54) is 9.13 Å². The second-order valence-corrected chi connectivity index (χ2v) is 7.48. The normalized spacial score (nSPS) is 18.5. The van der Waals surface area contributed by atoms with Gasteiger partial charge in [0, 0.05) is 52.9 Å². The number of pyridine rings is 1. The third-order valence-electron chi connectivity index (χ3n) is 5.63. The number of piperidine rings is 1. The van der Waals surface area contributed by atoms with E-state index in [2.05, 4.69) is 10.3 Å². The van der Waals surface area contributed by atoms with Crippen LogP contribution in [0.2, 0.25) is 0 Å². The second kappa shape index (κ2) is 7.60. The van der Waals surface area contributed by atoms with Gasteiger partial charge in [0.05, 0.1) is 18.7 Å². The second-order valence-electron chi connectivity index (χ2n) is 7.48. The summed E-state index contributed by atoms with van der Waals surface area (Å²) in [5.41, 5.74) is 0.993. The molecule has 0 aliphatic carbocycles. The van der Waals surface area contributed by atoms with Crippen molar-refractivity contribution in [2.45, 2.75) is 31.5 Å². The smallest absolute Gasteiger partial charge is 0.329 e. The molecule has 10 heteroatoms. The third-order valence-corrected chi connectivity index (χ3v) is 5.63. The van der Waals surface area contributed by atoms with E-state index in [1.54, 1.807) is 31.1 Å². The largest absolute Gasteiger partial charge is 0.347 e. The monoisotopic (exact) mass is 403 g/mol. The van der Waals surface area contributed by atoms with Crippen molar-refractivity contribution >= 4 is 28.8 Å². The molecule has 0 atom stereocenters. The van der Waals surface area contributed by atoms with Crippen LogP contribution >= 0.6 is 0 Å². The van der Waals surface area contributed by atoms with Crippen molar-refractivity contribution in [2.75, 3.05) is 31.6 Å². The van der Waals surface area contributed by atoms with Crippen LogP contribution in [0.1, 0.15) is 25.7 Å². The zero-order valence-corrected chi connectivity index (χ0v) is 16.6. The molecule has 2 fully saturated rings. The van der Waals surface area contributed by atoms with Gasteiger partial charge in [0.2, 0.25) is 11.8 Å². The summed E-state index contributed by atoms with van der Waals surface area (Å²) in [5.74, 6) is -0.508. The lowest BCUT2D eigenvalue weighted by molar-refractivity contribution is -0.187. The Morgan fingerprint density at radius 1 is 1.10 bits per heavy atom. The van der Waals surface area contributed by atoms with Crippen molar-refractivity contribution in [3.63, 3.8) is 0 Å². The summed E-state index contributed by atoms with van der Waals surface area (Å²) < 4.78 is 14.3. The predicted octanol–water partition coefficient (Wildman–Crippen LogP) is 0.356. The molecule has 4 rings (SSSR count). The molecule has 0 radical (unpaired) electrons. The Hall–Kier alpha value is -2.72. The van der Waals surface area contributed by atoms with Crippen molar-refractivity contribution in [2.24, 2.45) is 14.1 Å². The van der Waals surface area contributed by atoms with E-state index >= 15 is 0 Å². The Morgan fingerprint density at radius 3 is 2.48 bits per heavy atom. The molecule has 29 heavy (non-hydrogen) atoms. The van der Waals surface area contributed by atoms with Crippen LogP contribution < -0.4 is 11.0 Å². The van der Waals surface area contributed by atoms with E-state index in [9.17, 15) is 14.4 Å². The SMILES string of the molecule is Cn1c(=O)n(C)c2nc(NC(=O)CCC(=O)N3CCC4(CC3)OCCO4)ccc21. The number of nitrogens with zero attached hydrogens (tertiary/aromatic N) is 4. The highest BCUT2D eigenvalue weighted by molar-refractivity contribution is 5.93. The van der Waals surface area contributed by atoms with Gasteiger partial charge in [-0.3, -0.25) is 18.7 Å². The van der Waals surface area contributed by atoms with E-state index in [0.29, 0.717) is 56.1 Å². The van der Waals surface area contributed by atoms with Crippen LogP contribution in [-0.2, 0) is 33.2 Å². The number of anilines is 1. The number of ether oxygens (including phenoxy) is 2. The molecule has 2 aliphatic heterocycles. The van der Waals surface area contributed by atoms with Gasteiger partial charge in [-0.2, -0.15) is 0 Å². The van der Waals surface area contributed by atoms with E-state index in [0.717, 1.165) is 0 Å². The zero-order chi connectivity index (χ0) is 20.6. The first-order valence-corrected chi connectivity index (χ1v) is 9.76. The molecule has 156 valence electrons. The highest BCUT2D eigenvalue weighted by Gasteiger charge is 2.40. The number of fused-ring (bicyclic) bond motifs is 1. The number of carbonyl (C=O) groups excluding carboxylic acids is 2. The predicted molar refractivity (Wildman–Crippen MR) is 104 cm³/mol. The number of rotatable bonds is 4. The van der Waals surface area contributed by atoms with E-state index < -0.39 is 5.79 Å². The van der Waals surface area contributed by atoms with Gasteiger partial charge in [-0.05, 0) is 12.1 Å². The van der Waals surface area contributed by atoms with Gasteiger partial charge in [-0.1, -0.05) is 0 Å². The fourth-order valence-corrected chi connectivity index (χ4v) is 3.90. The minimum absolute atomic E-state index is 0.0538. The number of carbonyl (C=O) groups is 2. The average Bonchev–Trinajstić information content (AvgIpc) is 3.26. The highest BCUT2D eigenvalue weighted by Crippen LogP contribution is 2.31. The van der Waals surface area contributed by atoms with Gasteiger partial charge in [-0.25, -0.2) is 9.78 Å². The number of aryl methyl sites for hydroxylation is 2. The number of likely N-dealkylation sites (tertiary alicyclic amines) is 1. The molecule has 2 aromatic heterocycles. The molecule has 1 N–H and O–H groups in total. The fraction of sp³-hybridized carbons (Fsp3) is 0.579. The highest BCUT2D eigenvalue weighted by atomic mass is 16.7. The van der Waals surface area contributed by atoms with E-state index in [1.807, 2.05) is 0 Å². The molecule has 0 unspecified atom stereocenters. The summed E-state index contributed by atoms with van der Waals surface area (Å²) in [7, 11) is 3.30. The molecule has 2 amide bonds. The van der Waals surface area contributed by atoms with Crippen LogP contribution in [0.5, 0.6) is 0 Å². The standard InChI is InChI=1S/C19H25N5O5/c1-22-13-3-4-14(21-17(13)23(2)18(22)27)20-15(25)5-6-16(26)24-9-7-19(8-10-24)28-11-12-29-19/h3-4H,5-12H2,1-2H3,(H,20,21,25). The number of nitrogens with one attached hydrogen (secondary N) is 1. The first kappa shape index (κ1) is 19.6. The summed E-state index contributed by atoms with van der Waals surface area (Å²) in [6.07, 6.45) is 1.52. The number of hydrogen-bond acceptors (Lipinski definition) is 6. The lowest BCUT2D eigenvalue weighted by Gasteiger charge is -2.37. The van der Waals surface area contributed by atoms with Gasteiger partial charge < -0.3 is 19.7 Å². The maximum atomic E-state index is 12.4. The molecule has 4 heterocycles. The van der Waals surface area contributed by atoms with E-state index in [4.69, 9.17) is 9.47 Å². The molecule has 1 spiro atoms. The Bertz CT molecular complexity index is 994.